The lowest BCUT2D eigenvalue weighted by Crippen LogP contribution is -2.32. The molecular formula is C20H21N7O2. The van der Waals surface area contributed by atoms with Gasteiger partial charge in [0, 0.05) is 11.1 Å². The van der Waals surface area contributed by atoms with E-state index in [2.05, 4.69) is 31.7 Å². The number of rotatable bonds is 6. The molecule has 3 aromatic rings. The number of nitrogens with zero attached hydrogens (tertiary/aromatic N) is 2. The molecule has 0 aliphatic rings. The number of amides is 2. The van der Waals surface area contributed by atoms with Crippen LogP contribution in [0.2, 0.25) is 0 Å². The number of aromatic nitrogens is 2. The van der Waals surface area contributed by atoms with Crippen LogP contribution in [0, 0.1) is 13.8 Å². The molecule has 2 amide bonds. The first-order chi connectivity index (χ1) is 13.9. The number of nitrogens with two attached hydrogens (primary N) is 1. The lowest BCUT2D eigenvalue weighted by atomic mass is 10.1. The normalized spacial score (nSPS) is 10.1. The summed E-state index contributed by atoms with van der Waals surface area (Å²) in [7, 11) is 0. The fourth-order valence-corrected chi connectivity index (χ4v) is 2.38. The van der Waals surface area contributed by atoms with Crippen LogP contribution >= 0.6 is 0 Å². The minimum Gasteiger partial charge on any atom is -0.393 e. The predicted molar refractivity (Wildman–Crippen MR) is 111 cm³/mol. The number of hydrogen-bond donors (Lipinski definition) is 5. The Morgan fingerprint density at radius 3 is 1.48 bits per heavy atom. The van der Waals surface area contributed by atoms with Crippen molar-refractivity contribution in [2.45, 2.75) is 13.8 Å². The summed E-state index contributed by atoms with van der Waals surface area (Å²) in [5.74, 6) is -0.310. The largest absolute Gasteiger partial charge is 0.393 e. The Morgan fingerprint density at radius 1 is 0.724 bits per heavy atom. The van der Waals surface area contributed by atoms with Crippen LogP contribution in [0.1, 0.15) is 31.8 Å². The van der Waals surface area contributed by atoms with Gasteiger partial charge in [-0.25, -0.2) is 9.97 Å². The molecule has 0 bridgehead atoms. The zero-order chi connectivity index (χ0) is 20.8. The number of anilines is 3. The van der Waals surface area contributed by atoms with E-state index in [1.54, 1.807) is 24.3 Å². The van der Waals surface area contributed by atoms with E-state index in [4.69, 9.17) is 5.73 Å². The van der Waals surface area contributed by atoms with E-state index in [1.165, 1.54) is 6.33 Å². The van der Waals surface area contributed by atoms with Gasteiger partial charge in [-0.3, -0.25) is 31.3 Å². The van der Waals surface area contributed by atoms with Crippen LogP contribution in [0.4, 0.5) is 17.3 Å². The van der Waals surface area contributed by atoms with Crippen molar-refractivity contribution in [1.29, 1.82) is 0 Å². The highest BCUT2D eigenvalue weighted by Crippen LogP contribution is 2.21. The van der Waals surface area contributed by atoms with Gasteiger partial charge in [0.15, 0.2) is 11.6 Å². The van der Waals surface area contributed by atoms with Crippen molar-refractivity contribution in [2.24, 2.45) is 0 Å². The molecule has 9 nitrogen and oxygen atoms in total. The summed E-state index contributed by atoms with van der Waals surface area (Å²) >= 11 is 0. The molecule has 0 aliphatic carbocycles. The van der Waals surface area contributed by atoms with Crippen LogP contribution in [0.5, 0.6) is 0 Å². The van der Waals surface area contributed by atoms with Crippen LogP contribution in [0.3, 0.4) is 0 Å². The minimum atomic E-state index is -0.342. The van der Waals surface area contributed by atoms with Gasteiger partial charge in [0.1, 0.15) is 12.0 Å². The van der Waals surface area contributed by atoms with Crippen molar-refractivity contribution < 1.29 is 9.59 Å². The van der Waals surface area contributed by atoms with Gasteiger partial charge in [-0.2, -0.15) is 0 Å². The van der Waals surface area contributed by atoms with Crippen molar-refractivity contribution in [1.82, 2.24) is 20.8 Å². The zero-order valence-electron chi connectivity index (χ0n) is 16.0. The molecule has 0 spiro atoms. The van der Waals surface area contributed by atoms with E-state index in [1.807, 2.05) is 38.1 Å². The molecule has 1 heterocycles. The number of nitrogen functional groups attached to an aromatic ring is 1. The maximum Gasteiger partial charge on any atom is 0.269 e. The molecule has 0 aliphatic heterocycles. The molecule has 29 heavy (non-hydrogen) atoms. The molecule has 0 fully saturated rings. The number of benzene rings is 2. The number of nitrogens with one attached hydrogen (secondary N) is 4. The van der Waals surface area contributed by atoms with Crippen LogP contribution < -0.4 is 27.4 Å². The number of carbonyl (C=O) groups is 2. The summed E-state index contributed by atoms with van der Waals surface area (Å²) in [4.78, 5) is 32.4. The van der Waals surface area contributed by atoms with E-state index >= 15 is 0 Å². The average Bonchev–Trinajstić information content (AvgIpc) is 2.72. The third-order valence-electron chi connectivity index (χ3n) is 4.10. The molecule has 0 saturated heterocycles. The number of aryl methyl sites for hydroxylation is 2. The Labute approximate surface area is 167 Å². The first-order valence-corrected chi connectivity index (χ1v) is 8.80. The highest BCUT2D eigenvalue weighted by atomic mass is 16.2. The van der Waals surface area contributed by atoms with Gasteiger partial charge in [-0.15, -0.1) is 0 Å². The first-order valence-electron chi connectivity index (χ1n) is 8.80. The Morgan fingerprint density at radius 2 is 1.10 bits per heavy atom. The summed E-state index contributed by atoms with van der Waals surface area (Å²) < 4.78 is 0. The second-order valence-corrected chi connectivity index (χ2v) is 6.37. The smallest absolute Gasteiger partial charge is 0.269 e. The van der Waals surface area contributed by atoms with Crippen LogP contribution in [-0.2, 0) is 0 Å². The minimum absolute atomic E-state index is 0.126. The number of hydrogen-bond acceptors (Lipinski definition) is 7. The summed E-state index contributed by atoms with van der Waals surface area (Å²) in [5, 5.41) is 0. The number of carbonyl (C=O) groups excluding carboxylic acids is 2. The highest BCUT2D eigenvalue weighted by Gasteiger charge is 2.11. The second kappa shape index (κ2) is 8.70. The summed E-state index contributed by atoms with van der Waals surface area (Å²) in [5.41, 5.74) is 19.6. The van der Waals surface area contributed by atoms with Crippen molar-refractivity contribution in [2.75, 3.05) is 16.6 Å². The molecule has 9 heteroatoms. The van der Waals surface area contributed by atoms with Gasteiger partial charge in [-0.05, 0) is 38.1 Å². The second-order valence-electron chi connectivity index (χ2n) is 6.37. The van der Waals surface area contributed by atoms with Crippen LogP contribution in [-0.4, -0.2) is 21.8 Å². The van der Waals surface area contributed by atoms with Gasteiger partial charge in [-0.1, -0.05) is 35.4 Å². The Hall–Kier alpha value is -4.14. The molecular weight excluding hydrogens is 370 g/mol. The van der Waals surface area contributed by atoms with Gasteiger partial charge in [0.05, 0.1) is 0 Å². The predicted octanol–water partition coefficient (Wildman–Crippen LogP) is 2.19. The Balaban J connectivity index is 1.61. The summed E-state index contributed by atoms with van der Waals surface area (Å²) in [6.45, 7) is 3.88. The van der Waals surface area contributed by atoms with Gasteiger partial charge < -0.3 is 5.73 Å². The molecule has 0 unspecified atom stereocenters. The van der Waals surface area contributed by atoms with Gasteiger partial charge >= 0.3 is 0 Å². The molecule has 1 aromatic heterocycles. The third-order valence-corrected chi connectivity index (χ3v) is 4.10. The molecule has 0 saturated carbocycles. The standard InChI is InChI=1S/C20H21N7O2/c1-12-3-7-14(8-4-12)19(28)26-24-17-16(21)18(23-11-22-17)25-27-20(29)15-9-5-13(2)6-10-15/h3-11H,21H2,1-2H3,(H,26,28)(H,27,29)(H2,22,23,24,25). The van der Waals surface area contributed by atoms with Crippen LogP contribution in [0.25, 0.3) is 0 Å². The molecule has 0 atom stereocenters. The zero-order valence-corrected chi connectivity index (χ0v) is 16.0. The van der Waals surface area contributed by atoms with Crippen molar-refractivity contribution in [3.63, 3.8) is 0 Å². The lowest BCUT2D eigenvalue weighted by molar-refractivity contribution is 0.0954. The summed E-state index contributed by atoms with van der Waals surface area (Å²) in [6, 6.07) is 14.2. The molecule has 0 radical (unpaired) electrons. The maximum absolute atomic E-state index is 12.2. The van der Waals surface area contributed by atoms with E-state index in [9.17, 15) is 9.59 Å². The third kappa shape index (κ3) is 4.98. The fourth-order valence-electron chi connectivity index (χ4n) is 2.38. The quantitative estimate of drug-likeness (QED) is 0.407. The molecule has 6 N–H and O–H groups in total. The lowest BCUT2D eigenvalue weighted by Gasteiger charge is -2.13. The van der Waals surface area contributed by atoms with E-state index in [-0.39, 0.29) is 29.1 Å². The monoisotopic (exact) mass is 391 g/mol. The number of hydrazine groups is 2. The average molecular weight is 391 g/mol. The van der Waals surface area contributed by atoms with E-state index in [0.717, 1.165) is 11.1 Å². The molecule has 148 valence electrons. The van der Waals surface area contributed by atoms with Crippen molar-refractivity contribution >= 4 is 29.1 Å². The Bertz CT molecular complexity index is 938. The molecule has 2 aromatic carbocycles. The SMILES string of the molecule is Cc1ccc(C(=O)NNc2ncnc(NNC(=O)c3ccc(C)cc3)c2N)cc1. The van der Waals surface area contributed by atoms with Crippen LogP contribution in [0.15, 0.2) is 54.9 Å². The van der Waals surface area contributed by atoms with Gasteiger partial charge in [0.2, 0.25) is 0 Å². The van der Waals surface area contributed by atoms with Crippen molar-refractivity contribution in [3.05, 3.63) is 77.1 Å². The van der Waals surface area contributed by atoms with Gasteiger partial charge in [0.25, 0.3) is 11.8 Å². The highest BCUT2D eigenvalue weighted by molar-refractivity contribution is 5.96. The topological polar surface area (TPSA) is 134 Å². The fraction of sp³-hybridized carbons (Fsp3) is 0.100. The van der Waals surface area contributed by atoms with E-state index < -0.39 is 0 Å². The first kappa shape index (κ1) is 19.6. The molecule has 3 rings (SSSR count). The Kier molecular flexibility index (Phi) is 5.88. The maximum atomic E-state index is 12.2. The van der Waals surface area contributed by atoms with Crippen molar-refractivity contribution in [3.8, 4) is 0 Å². The summed E-state index contributed by atoms with van der Waals surface area (Å²) in [6.07, 6.45) is 1.25. The van der Waals surface area contributed by atoms with E-state index in [0.29, 0.717) is 11.1 Å².